The Labute approximate surface area is 104 Å². The average molecular weight is 277 g/mol. The summed E-state index contributed by atoms with van der Waals surface area (Å²) in [5.74, 6) is -0.0435. The fourth-order valence-corrected chi connectivity index (χ4v) is 1.73. The lowest BCUT2D eigenvalue weighted by atomic mass is 10.1. The third-order valence-corrected chi connectivity index (χ3v) is 2.59. The van der Waals surface area contributed by atoms with E-state index in [1.807, 2.05) is 0 Å². The van der Waals surface area contributed by atoms with E-state index in [9.17, 15) is 18.0 Å². The van der Waals surface area contributed by atoms with Crippen LogP contribution in [0.5, 0.6) is 0 Å². The maximum absolute atomic E-state index is 12.7. The highest BCUT2D eigenvalue weighted by Gasteiger charge is 2.44. The van der Waals surface area contributed by atoms with Crippen molar-refractivity contribution in [1.82, 2.24) is 9.55 Å². The van der Waals surface area contributed by atoms with Gasteiger partial charge in [-0.2, -0.15) is 18.2 Å². The van der Waals surface area contributed by atoms with Gasteiger partial charge in [0.1, 0.15) is 11.9 Å². The minimum absolute atomic E-state index is 0.0435. The van der Waals surface area contributed by atoms with Crippen LogP contribution in [0, 0.1) is 0 Å². The molecule has 3 N–H and O–H groups in total. The van der Waals surface area contributed by atoms with E-state index >= 15 is 0 Å². The molecule has 1 aliphatic heterocycles. The largest absolute Gasteiger partial charge is 0.415 e. The van der Waals surface area contributed by atoms with Crippen molar-refractivity contribution in [3.8, 4) is 0 Å². The third kappa shape index (κ3) is 2.61. The van der Waals surface area contributed by atoms with E-state index in [4.69, 9.17) is 15.6 Å². The number of nitrogens with two attached hydrogens (primary N) is 1. The van der Waals surface area contributed by atoms with Gasteiger partial charge in [0.2, 0.25) is 0 Å². The fourth-order valence-electron chi connectivity index (χ4n) is 1.73. The molecule has 0 unspecified atom stereocenters. The predicted molar refractivity (Wildman–Crippen MR) is 58.0 cm³/mol. The standard InChI is InChI=1S/C10H10F3N3O3/c11-10(12,13)5-3-8(19-6(5)4-17)16-2-1-7(14)15-9(16)18/h1-3,6,8,17H,4H2,(H2,14,15,18)/t6-,8-/m1/s1. The lowest BCUT2D eigenvalue weighted by Crippen LogP contribution is -2.29. The summed E-state index contributed by atoms with van der Waals surface area (Å²) in [5.41, 5.74) is 3.42. The van der Waals surface area contributed by atoms with Gasteiger partial charge in [0.25, 0.3) is 0 Å². The number of nitrogen functional groups attached to an aromatic ring is 1. The highest BCUT2D eigenvalue weighted by molar-refractivity contribution is 5.25. The van der Waals surface area contributed by atoms with E-state index in [2.05, 4.69) is 4.98 Å². The molecule has 0 aliphatic carbocycles. The number of aromatic nitrogens is 2. The highest BCUT2D eigenvalue weighted by atomic mass is 19.4. The molecule has 2 rings (SSSR count). The van der Waals surface area contributed by atoms with Crippen LogP contribution in [0.3, 0.4) is 0 Å². The zero-order valence-electron chi connectivity index (χ0n) is 9.46. The molecule has 0 amide bonds. The van der Waals surface area contributed by atoms with Crippen LogP contribution in [0.2, 0.25) is 0 Å². The van der Waals surface area contributed by atoms with E-state index in [-0.39, 0.29) is 5.82 Å². The van der Waals surface area contributed by atoms with Crippen LogP contribution >= 0.6 is 0 Å². The number of aliphatic hydroxyl groups excluding tert-OH is 1. The second-order valence-electron chi connectivity index (χ2n) is 3.86. The van der Waals surface area contributed by atoms with Crippen LogP contribution in [0.25, 0.3) is 0 Å². The summed E-state index contributed by atoms with van der Waals surface area (Å²) in [6.45, 7) is -0.834. The van der Waals surface area contributed by atoms with Gasteiger partial charge in [-0.25, -0.2) is 4.79 Å². The molecule has 19 heavy (non-hydrogen) atoms. The van der Waals surface area contributed by atoms with Crippen LogP contribution < -0.4 is 11.4 Å². The first-order valence-corrected chi connectivity index (χ1v) is 5.23. The molecule has 104 valence electrons. The summed E-state index contributed by atoms with van der Waals surface area (Å²) in [6.07, 6.45) is -5.50. The van der Waals surface area contributed by atoms with Crippen molar-refractivity contribution >= 4 is 5.82 Å². The molecule has 9 heteroatoms. The molecule has 0 aromatic carbocycles. The molecule has 1 aromatic rings. The minimum atomic E-state index is -4.63. The number of ether oxygens (including phenoxy) is 1. The molecule has 0 fully saturated rings. The molecule has 0 saturated carbocycles. The van der Waals surface area contributed by atoms with Crippen molar-refractivity contribution in [2.45, 2.75) is 18.5 Å². The van der Waals surface area contributed by atoms with Crippen LogP contribution in [-0.4, -0.2) is 33.5 Å². The number of alkyl halides is 3. The number of hydrogen-bond acceptors (Lipinski definition) is 5. The molecular weight excluding hydrogens is 267 g/mol. The van der Waals surface area contributed by atoms with Gasteiger partial charge in [0, 0.05) is 6.20 Å². The number of hydrogen-bond donors (Lipinski definition) is 2. The topological polar surface area (TPSA) is 90.4 Å². The van der Waals surface area contributed by atoms with E-state index in [0.717, 1.165) is 10.6 Å². The summed E-state index contributed by atoms with van der Waals surface area (Å²) < 4.78 is 43.8. The highest BCUT2D eigenvalue weighted by Crippen LogP contribution is 2.37. The molecule has 0 radical (unpaired) electrons. The van der Waals surface area contributed by atoms with Gasteiger partial charge in [-0.1, -0.05) is 0 Å². The number of halogens is 3. The quantitative estimate of drug-likeness (QED) is 0.754. The second-order valence-corrected chi connectivity index (χ2v) is 3.86. The lowest BCUT2D eigenvalue weighted by molar-refractivity contribution is -0.113. The van der Waals surface area contributed by atoms with E-state index < -0.39 is 36.4 Å². The Hall–Kier alpha value is -1.87. The van der Waals surface area contributed by atoms with Crippen LogP contribution in [0.15, 0.2) is 28.7 Å². The molecule has 2 heterocycles. The Morgan fingerprint density at radius 1 is 1.53 bits per heavy atom. The fraction of sp³-hybridized carbons (Fsp3) is 0.400. The Morgan fingerprint density at radius 3 is 2.68 bits per heavy atom. The Kier molecular flexibility index (Phi) is 3.33. The Bertz CT molecular complexity index is 567. The summed E-state index contributed by atoms with van der Waals surface area (Å²) in [7, 11) is 0. The van der Waals surface area contributed by atoms with Gasteiger partial charge in [-0.05, 0) is 12.1 Å². The summed E-state index contributed by atoms with van der Waals surface area (Å²) >= 11 is 0. The first kappa shape index (κ1) is 13.6. The summed E-state index contributed by atoms with van der Waals surface area (Å²) in [5, 5.41) is 8.89. The van der Waals surface area contributed by atoms with E-state index in [1.54, 1.807) is 0 Å². The summed E-state index contributed by atoms with van der Waals surface area (Å²) in [4.78, 5) is 14.9. The molecule has 0 saturated heterocycles. The molecular formula is C10H10F3N3O3. The molecule has 2 atom stereocenters. The zero-order valence-corrected chi connectivity index (χ0v) is 9.46. The van der Waals surface area contributed by atoms with Crippen molar-refractivity contribution < 1.29 is 23.0 Å². The SMILES string of the molecule is Nc1ccn([C@H]2C=C(C(F)(F)F)[C@@H](CO)O2)c(=O)n1. The van der Waals surface area contributed by atoms with Gasteiger partial charge in [-0.3, -0.25) is 4.57 Å². The van der Waals surface area contributed by atoms with Crippen LogP contribution in [0.4, 0.5) is 19.0 Å². The number of aliphatic hydroxyl groups is 1. The summed E-state index contributed by atoms with van der Waals surface area (Å²) in [6, 6.07) is 1.26. The first-order chi connectivity index (χ1) is 8.82. The first-order valence-electron chi connectivity index (χ1n) is 5.23. The van der Waals surface area contributed by atoms with Gasteiger partial charge in [0.05, 0.1) is 12.2 Å². The normalized spacial score (nSPS) is 23.5. The van der Waals surface area contributed by atoms with Gasteiger partial charge < -0.3 is 15.6 Å². The van der Waals surface area contributed by atoms with Gasteiger partial charge >= 0.3 is 11.9 Å². The van der Waals surface area contributed by atoms with Gasteiger partial charge in [0.15, 0.2) is 6.23 Å². The predicted octanol–water partition coefficient (Wildman–Crippen LogP) is 0.204. The zero-order chi connectivity index (χ0) is 14.2. The molecule has 0 bridgehead atoms. The van der Waals surface area contributed by atoms with E-state index in [1.165, 1.54) is 12.3 Å². The Balaban J connectivity index is 2.38. The van der Waals surface area contributed by atoms with Gasteiger partial charge in [-0.15, -0.1) is 0 Å². The van der Waals surface area contributed by atoms with E-state index in [0.29, 0.717) is 0 Å². The molecule has 0 spiro atoms. The van der Waals surface area contributed by atoms with Crippen molar-refractivity contribution in [2.75, 3.05) is 12.3 Å². The molecule has 1 aliphatic rings. The molecule has 6 nitrogen and oxygen atoms in total. The van der Waals surface area contributed by atoms with Crippen LogP contribution in [-0.2, 0) is 4.74 Å². The maximum atomic E-state index is 12.7. The number of nitrogens with zero attached hydrogens (tertiary/aromatic N) is 2. The van der Waals surface area contributed by atoms with Crippen molar-refractivity contribution in [3.05, 3.63) is 34.4 Å². The van der Waals surface area contributed by atoms with Crippen molar-refractivity contribution in [1.29, 1.82) is 0 Å². The molecule has 1 aromatic heterocycles. The number of anilines is 1. The lowest BCUT2D eigenvalue weighted by Gasteiger charge is -2.16. The average Bonchev–Trinajstić information content (AvgIpc) is 2.72. The van der Waals surface area contributed by atoms with Crippen LogP contribution in [0.1, 0.15) is 6.23 Å². The maximum Gasteiger partial charge on any atom is 0.415 e. The monoisotopic (exact) mass is 277 g/mol. The van der Waals surface area contributed by atoms with Crippen molar-refractivity contribution in [3.63, 3.8) is 0 Å². The van der Waals surface area contributed by atoms with Crippen molar-refractivity contribution in [2.24, 2.45) is 0 Å². The second kappa shape index (κ2) is 4.67. The smallest absolute Gasteiger partial charge is 0.393 e. The minimum Gasteiger partial charge on any atom is -0.393 e. The Morgan fingerprint density at radius 2 is 2.21 bits per heavy atom. The third-order valence-electron chi connectivity index (χ3n) is 2.59. The number of rotatable bonds is 2.